The second-order valence-electron chi connectivity index (χ2n) is 4.08. The first kappa shape index (κ1) is 17.9. The summed E-state index contributed by atoms with van der Waals surface area (Å²) >= 11 is 7.47. The Labute approximate surface area is 134 Å². The Kier molecular flexibility index (Phi) is 8.23. The standard InChI is InChI=1S/C15H19ClO4S/c1-3-19-13(17)9-10-21-14(15(18)20-4-2)11-7-5-6-8-12(11)16/h5-8,14H,3-4,9-10H2,1-2H3. The maximum Gasteiger partial charge on any atom is 0.323 e. The van der Waals surface area contributed by atoms with Crippen molar-refractivity contribution in [2.75, 3.05) is 19.0 Å². The van der Waals surface area contributed by atoms with Crippen LogP contribution in [0.1, 0.15) is 31.1 Å². The van der Waals surface area contributed by atoms with E-state index in [1.54, 1.807) is 32.0 Å². The van der Waals surface area contributed by atoms with Gasteiger partial charge in [0.05, 0.1) is 19.6 Å². The van der Waals surface area contributed by atoms with Crippen LogP contribution >= 0.6 is 23.4 Å². The number of thioether (sulfide) groups is 1. The van der Waals surface area contributed by atoms with Crippen LogP contribution in [0.4, 0.5) is 0 Å². The minimum Gasteiger partial charge on any atom is -0.466 e. The summed E-state index contributed by atoms with van der Waals surface area (Å²) < 4.78 is 9.95. The molecular weight excluding hydrogens is 312 g/mol. The first-order chi connectivity index (χ1) is 10.1. The monoisotopic (exact) mass is 330 g/mol. The quantitative estimate of drug-likeness (QED) is 0.681. The number of carbonyl (C=O) groups excluding carboxylic acids is 2. The molecule has 0 fully saturated rings. The van der Waals surface area contributed by atoms with Gasteiger partial charge in [0.1, 0.15) is 5.25 Å². The minimum absolute atomic E-state index is 0.249. The maximum atomic E-state index is 12.1. The largest absolute Gasteiger partial charge is 0.466 e. The molecule has 1 rings (SSSR count). The zero-order chi connectivity index (χ0) is 15.7. The number of ether oxygens (including phenoxy) is 2. The number of rotatable bonds is 8. The zero-order valence-corrected chi connectivity index (χ0v) is 13.7. The predicted octanol–water partition coefficient (Wildman–Crippen LogP) is 3.63. The average Bonchev–Trinajstić information content (AvgIpc) is 2.45. The van der Waals surface area contributed by atoms with Crippen LogP contribution in [0.25, 0.3) is 0 Å². The molecule has 1 aromatic rings. The number of halogens is 1. The van der Waals surface area contributed by atoms with Gasteiger partial charge in [-0.15, -0.1) is 11.8 Å². The highest BCUT2D eigenvalue weighted by molar-refractivity contribution is 8.00. The van der Waals surface area contributed by atoms with Crippen LogP contribution in [0.15, 0.2) is 24.3 Å². The molecule has 0 aliphatic rings. The number of hydrogen-bond donors (Lipinski definition) is 0. The SMILES string of the molecule is CCOC(=O)CCSC(C(=O)OCC)c1ccccc1Cl. The van der Waals surface area contributed by atoms with Crippen molar-refractivity contribution in [1.29, 1.82) is 0 Å². The lowest BCUT2D eigenvalue weighted by atomic mass is 10.1. The van der Waals surface area contributed by atoms with E-state index in [0.29, 0.717) is 29.6 Å². The molecule has 0 radical (unpaired) electrons. The van der Waals surface area contributed by atoms with E-state index in [2.05, 4.69) is 0 Å². The zero-order valence-electron chi connectivity index (χ0n) is 12.1. The van der Waals surface area contributed by atoms with Gasteiger partial charge < -0.3 is 9.47 Å². The predicted molar refractivity (Wildman–Crippen MR) is 84.5 cm³/mol. The molecule has 0 saturated heterocycles. The van der Waals surface area contributed by atoms with Crippen LogP contribution in [-0.4, -0.2) is 30.9 Å². The molecule has 0 spiro atoms. The van der Waals surface area contributed by atoms with Gasteiger partial charge in [-0.25, -0.2) is 0 Å². The van der Waals surface area contributed by atoms with E-state index in [-0.39, 0.29) is 18.4 Å². The van der Waals surface area contributed by atoms with Gasteiger partial charge in [0.2, 0.25) is 0 Å². The molecule has 0 saturated carbocycles. The fourth-order valence-electron chi connectivity index (χ4n) is 1.68. The van der Waals surface area contributed by atoms with E-state index < -0.39 is 5.25 Å². The van der Waals surface area contributed by atoms with Crippen LogP contribution in [-0.2, 0) is 19.1 Å². The van der Waals surface area contributed by atoms with E-state index in [9.17, 15) is 9.59 Å². The van der Waals surface area contributed by atoms with Gasteiger partial charge >= 0.3 is 11.9 Å². The lowest BCUT2D eigenvalue weighted by Crippen LogP contribution is -2.15. The molecule has 1 aromatic carbocycles. The third kappa shape index (κ3) is 5.98. The topological polar surface area (TPSA) is 52.6 Å². The molecule has 0 heterocycles. The minimum atomic E-state index is -0.534. The summed E-state index contributed by atoms with van der Waals surface area (Å²) in [5.41, 5.74) is 0.700. The van der Waals surface area contributed by atoms with Crippen molar-refractivity contribution < 1.29 is 19.1 Å². The lowest BCUT2D eigenvalue weighted by molar-refractivity contribution is -0.143. The Balaban J connectivity index is 2.72. The molecule has 0 N–H and O–H groups in total. The fourth-order valence-corrected chi connectivity index (χ4v) is 3.10. The second-order valence-corrected chi connectivity index (χ2v) is 5.70. The molecule has 1 atom stereocenters. The van der Waals surface area contributed by atoms with Crippen molar-refractivity contribution in [3.63, 3.8) is 0 Å². The first-order valence-electron chi connectivity index (χ1n) is 6.78. The molecule has 6 heteroatoms. The molecule has 116 valence electrons. The van der Waals surface area contributed by atoms with Crippen molar-refractivity contribution in [2.45, 2.75) is 25.5 Å². The first-order valence-corrected chi connectivity index (χ1v) is 8.21. The van der Waals surface area contributed by atoms with Crippen LogP contribution in [0.2, 0.25) is 5.02 Å². The third-order valence-electron chi connectivity index (χ3n) is 2.58. The Bertz CT molecular complexity index is 478. The van der Waals surface area contributed by atoms with Crippen molar-refractivity contribution in [3.05, 3.63) is 34.9 Å². The Hall–Kier alpha value is -1.20. The second kappa shape index (κ2) is 9.68. The van der Waals surface area contributed by atoms with Gasteiger partial charge in [-0.2, -0.15) is 0 Å². The Morgan fingerprint density at radius 3 is 2.48 bits per heavy atom. The van der Waals surface area contributed by atoms with E-state index >= 15 is 0 Å². The number of hydrogen-bond acceptors (Lipinski definition) is 5. The molecular formula is C15H19ClO4S. The molecule has 0 aromatic heterocycles. The van der Waals surface area contributed by atoms with Crippen LogP contribution in [0.3, 0.4) is 0 Å². The van der Waals surface area contributed by atoms with Gasteiger partial charge in [0, 0.05) is 10.8 Å². The van der Waals surface area contributed by atoms with Crippen molar-refractivity contribution in [3.8, 4) is 0 Å². The summed E-state index contributed by atoms with van der Waals surface area (Å²) in [6.07, 6.45) is 0.249. The third-order valence-corrected chi connectivity index (χ3v) is 4.15. The fraction of sp³-hybridized carbons (Fsp3) is 0.467. The smallest absolute Gasteiger partial charge is 0.323 e. The van der Waals surface area contributed by atoms with E-state index in [1.807, 2.05) is 6.07 Å². The number of benzene rings is 1. The van der Waals surface area contributed by atoms with Crippen LogP contribution in [0, 0.1) is 0 Å². The van der Waals surface area contributed by atoms with Gasteiger partial charge in [-0.3, -0.25) is 9.59 Å². The summed E-state index contributed by atoms with van der Waals surface area (Å²) in [5, 5.41) is -0.0211. The van der Waals surface area contributed by atoms with Crippen molar-refractivity contribution in [2.24, 2.45) is 0 Å². The van der Waals surface area contributed by atoms with Gasteiger partial charge in [0.15, 0.2) is 0 Å². The lowest BCUT2D eigenvalue weighted by Gasteiger charge is -2.16. The molecule has 1 unspecified atom stereocenters. The molecule has 0 aliphatic carbocycles. The highest BCUT2D eigenvalue weighted by Crippen LogP contribution is 2.35. The summed E-state index contributed by atoms with van der Waals surface area (Å²) in [5.74, 6) is -0.153. The average molecular weight is 331 g/mol. The van der Waals surface area contributed by atoms with E-state index in [1.165, 1.54) is 11.8 Å². The van der Waals surface area contributed by atoms with Crippen LogP contribution in [0.5, 0.6) is 0 Å². The molecule has 0 bridgehead atoms. The van der Waals surface area contributed by atoms with Gasteiger partial charge in [-0.05, 0) is 25.5 Å². The van der Waals surface area contributed by atoms with E-state index in [4.69, 9.17) is 21.1 Å². The summed E-state index contributed by atoms with van der Waals surface area (Å²) in [7, 11) is 0. The van der Waals surface area contributed by atoms with Gasteiger partial charge in [0.25, 0.3) is 0 Å². The molecule has 0 amide bonds. The summed E-state index contributed by atoms with van der Waals surface area (Å²) in [6.45, 7) is 4.18. The summed E-state index contributed by atoms with van der Waals surface area (Å²) in [4.78, 5) is 23.4. The van der Waals surface area contributed by atoms with Crippen molar-refractivity contribution in [1.82, 2.24) is 0 Å². The van der Waals surface area contributed by atoms with E-state index in [0.717, 1.165) is 0 Å². The highest BCUT2D eigenvalue weighted by atomic mass is 35.5. The van der Waals surface area contributed by atoms with Crippen molar-refractivity contribution >= 4 is 35.3 Å². The van der Waals surface area contributed by atoms with Gasteiger partial charge in [-0.1, -0.05) is 29.8 Å². The molecule has 4 nitrogen and oxygen atoms in total. The molecule has 0 aliphatic heterocycles. The van der Waals surface area contributed by atoms with Crippen LogP contribution < -0.4 is 0 Å². The summed E-state index contributed by atoms with van der Waals surface area (Å²) in [6, 6.07) is 7.15. The highest BCUT2D eigenvalue weighted by Gasteiger charge is 2.24. The Morgan fingerprint density at radius 1 is 1.19 bits per heavy atom. The Morgan fingerprint density at radius 2 is 1.86 bits per heavy atom. The molecule has 21 heavy (non-hydrogen) atoms. The maximum absolute atomic E-state index is 12.1. The normalized spacial score (nSPS) is 11.8. The number of carbonyl (C=O) groups is 2. The number of esters is 2.